The van der Waals surface area contributed by atoms with Crippen molar-refractivity contribution in [3.8, 4) is 6.07 Å². The third-order valence-corrected chi connectivity index (χ3v) is 6.28. The summed E-state index contributed by atoms with van der Waals surface area (Å²) in [7, 11) is 1.40. The van der Waals surface area contributed by atoms with Crippen LogP contribution in [0, 0.1) is 18.3 Å². The minimum Gasteiger partial charge on any atom is -0.269 e. The van der Waals surface area contributed by atoms with Gasteiger partial charge in [0, 0.05) is 35.6 Å². The quantitative estimate of drug-likeness (QED) is 0.153. The first-order chi connectivity index (χ1) is 18.6. The molecule has 0 spiro atoms. The molecule has 0 aliphatic heterocycles. The molecule has 3 rings (SSSR count). The van der Waals surface area contributed by atoms with Gasteiger partial charge < -0.3 is 0 Å². The molecule has 1 atom stereocenters. The third-order valence-electron chi connectivity index (χ3n) is 5.87. The second-order valence-corrected chi connectivity index (χ2v) is 8.94. The number of hydrazine groups is 1. The normalized spacial score (nSPS) is 13.0. The molecule has 1 heterocycles. The zero-order valence-electron chi connectivity index (χ0n) is 21.0. The summed E-state index contributed by atoms with van der Waals surface area (Å²) in [4.78, 5) is 7.98. The predicted molar refractivity (Wildman–Crippen MR) is 137 cm³/mol. The van der Waals surface area contributed by atoms with Crippen molar-refractivity contribution in [2.24, 2.45) is 0 Å². The summed E-state index contributed by atoms with van der Waals surface area (Å²) >= 11 is 5.94. The lowest BCUT2D eigenvalue weighted by atomic mass is 9.94. The average Bonchev–Trinajstić information content (AvgIpc) is 2.90. The van der Waals surface area contributed by atoms with Crippen molar-refractivity contribution in [2.75, 3.05) is 18.6 Å². The summed E-state index contributed by atoms with van der Waals surface area (Å²) in [5.41, 5.74) is -2.82. The first-order valence-corrected chi connectivity index (χ1v) is 11.8. The van der Waals surface area contributed by atoms with Gasteiger partial charge in [0.05, 0.1) is 17.3 Å². The topological polar surface area (TPSA) is 56.1 Å². The van der Waals surface area contributed by atoms with Crippen LogP contribution in [0.1, 0.15) is 33.7 Å². The molecule has 210 valence electrons. The van der Waals surface area contributed by atoms with Gasteiger partial charge in [-0.3, -0.25) is 10.0 Å². The summed E-state index contributed by atoms with van der Waals surface area (Å²) in [5, 5.41) is 11.6. The van der Waals surface area contributed by atoms with Crippen molar-refractivity contribution in [1.82, 2.24) is 15.0 Å². The van der Waals surface area contributed by atoms with E-state index in [0.717, 1.165) is 29.3 Å². The second kappa shape index (κ2) is 12.0. The maximum atomic E-state index is 15.2. The van der Waals surface area contributed by atoms with Crippen molar-refractivity contribution in [1.29, 1.82) is 5.26 Å². The number of aryl methyl sites for hydroxylation is 1. The summed E-state index contributed by atoms with van der Waals surface area (Å²) in [6.07, 6.45) is -7.04. The van der Waals surface area contributed by atoms with Crippen molar-refractivity contribution < 1.29 is 30.7 Å². The molecular formula is C27H21ClF7N5. The van der Waals surface area contributed by atoms with Crippen LogP contribution in [0.3, 0.4) is 0 Å². The van der Waals surface area contributed by atoms with Crippen LogP contribution in [0.5, 0.6) is 0 Å². The van der Waals surface area contributed by atoms with Gasteiger partial charge in [-0.05, 0) is 42.3 Å². The fourth-order valence-electron chi connectivity index (χ4n) is 3.76. The Labute approximate surface area is 230 Å². The molecule has 5 nitrogen and oxygen atoms in total. The van der Waals surface area contributed by atoms with E-state index in [4.69, 9.17) is 11.6 Å². The molecule has 0 bridgehead atoms. The Morgan fingerprint density at radius 2 is 1.75 bits per heavy atom. The van der Waals surface area contributed by atoms with E-state index in [1.54, 1.807) is 6.92 Å². The van der Waals surface area contributed by atoms with Crippen LogP contribution in [0.15, 0.2) is 67.5 Å². The van der Waals surface area contributed by atoms with Crippen LogP contribution < -0.4 is 5.01 Å². The minimum atomic E-state index is -5.05. The number of alkyl halides is 6. The summed E-state index contributed by atoms with van der Waals surface area (Å²) in [6.45, 7) is 4.80. The molecule has 40 heavy (non-hydrogen) atoms. The highest BCUT2D eigenvalue weighted by Crippen LogP contribution is 2.41. The lowest BCUT2D eigenvalue weighted by Crippen LogP contribution is -2.40. The Balaban J connectivity index is 2.08. The van der Waals surface area contributed by atoms with Crippen LogP contribution in [0.25, 0.3) is 11.5 Å². The number of allylic oxidation sites excluding steroid dienone is 1. The molecule has 0 aliphatic carbocycles. The third kappa shape index (κ3) is 6.90. The van der Waals surface area contributed by atoms with E-state index < -0.39 is 47.3 Å². The van der Waals surface area contributed by atoms with Gasteiger partial charge in [-0.2, -0.15) is 31.6 Å². The number of hydrogen-bond acceptors (Lipinski definition) is 5. The van der Waals surface area contributed by atoms with Crippen LogP contribution in [-0.2, 0) is 6.18 Å². The number of hydrogen-bond donors (Lipinski definition) is 0. The number of benzene rings is 2. The number of nitriles is 1. The summed E-state index contributed by atoms with van der Waals surface area (Å²) < 4.78 is 99.1. The Kier molecular flexibility index (Phi) is 9.10. The van der Waals surface area contributed by atoms with Gasteiger partial charge in [0.1, 0.15) is 18.3 Å². The first-order valence-electron chi connectivity index (χ1n) is 11.4. The van der Waals surface area contributed by atoms with E-state index in [9.17, 15) is 31.6 Å². The van der Waals surface area contributed by atoms with Crippen LogP contribution in [0.2, 0.25) is 5.02 Å². The number of rotatable bonds is 8. The Morgan fingerprint density at radius 3 is 2.30 bits per heavy atom. The SMILES string of the molecule is C=C(c1ccc(/C(F)=C/C(c2ccc(C)c(Cl)c2)C(F)(F)F)cc1C(F)(F)F)N(CC#N)N(C)c1ncccn1. The predicted octanol–water partition coefficient (Wildman–Crippen LogP) is 7.96. The summed E-state index contributed by atoms with van der Waals surface area (Å²) in [6, 6.07) is 8.99. The van der Waals surface area contributed by atoms with Crippen molar-refractivity contribution in [3.63, 3.8) is 0 Å². The lowest BCUT2D eigenvalue weighted by molar-refractivity contribution is -0.140. The maximum Gasteiger partial charge on any atom is 0.417 e. The monoisotopic (exact) mass is 583 g/mol. The van der Waals surface area contributed by atoms with Gasteiger partial charge in [-0.15, -0.1) is 0 Å². The van der Waals surface area contributed by atoms with E-state index in [1.165, 1.54) is 36.6 Å². The van der Waals surface area contributed by atoms with Gasteiger partial charge in [0.15, 0.2) is 0 Å². The number of nitrogens with zero attached hydrogens (tertiary/aromatic N) is 5. The highest BCUT2D eigenvalue weighted by molar-refractivity contribution is 6.31. The molecule has 1 aromatic heterocycles. The lowest BCUT2D eigenvalue weighted by Gasteiger charge is -2.34. The largest absolute Gasteiger partial charge is 0.417 e. The molecule has 0 saturated heterocycles. The minimum absolute atomic E-state index is 0.0237. The van der Waals surface area contributed by atoms with Gasteiger partial charge in [-0.1, -0.05) is 42.4 Å². The Hall–Kier alpha value is -4.11. The molecule has 0 radical (unpaired) electrons. The molecule has 0 saturated carbocycles. The molecule has 2 aromatic carbocycles. The van der Waals surface area contributed by atoms with Gasteiger partial charge >= 0.3 is 12.4 Å². The first kappa shape index (κ1) is 30.4. The Bertz CT molecular complexity index is 1450. The van der Waals surface area contributed by atoms with E-state index in [1.807, 2.05) is 6.07 Å². The van der Waals surface area contributed by atoms with Gasteiger partial charge in [0.25, 0.3) is 0 Å². The standard InChI is InChI=1S/C27H21ClF7N5/c1-16-5-6-18(14-23(16)28)21(26(30,31)32)15-24(29)19-7-8-20(22(13-19)27(33,34)35)17(2)40(12-9-36)39(3)25-37-10-4-11-38-25/h4-8,10-11,13-15,21H,2,12H2,1,3H3/b24-15-. The van der Waals surface area contributed by atoms with Crippen molar-refractivity contribution >= 4 is 29.1 Å². The van der Waals surface area contributed by atoms with Gasteiger partial charge in [0.2, 0.25) is 5.95 Å². The fraction of sp³-hybridized carbons (Fsp3) is 0.222. The zero-order chi connectivity index (χ0) is 29.8. The molecule has 0 amide bonds. The average molecular weight is 584 g/mol. The van der Waals surface area contributed by atoms with Crippen LogP contribution >= 0.6 is 11.6 Å². The number of halogens is 8. The maximum absolute atomic E-state index is 15.2. The van der Waals surface area contributed by atoms with Crippen LogP contribution in [0.4, 0.5) is 36.7 Å². The molecule has 13 heteroatoms. The molecule has 0 aliphatic rings. The van der Waals surface area contributed by atoms with E-state index in [-0.39, 0.29) is 28.3 Å². The van der Waals surface area contributed by atoms with E-state index in [2.05, 4.69) is 16.5 Å². The van der Waals surface area contributed by atoms with Crippen molar-refractivity contribution in [2.45, 2.75) is 25.2 Å². The highest BCUT2D eigenvalue weighted by Gasteiger charge is 2.40. The van der Waals surface area contributed by atoms with Crippen LogP contribution in [-0.4, -0.2) is 34.7 Å². The fourth-order valence-corrected chi connectivity index (χ4v) is 3.95. The molecule has 0 N–H and O–H groups in total. The zero-order valence-corrected chi connectivity index (χ0v) is 21.8. The highest BCUT2D eigenvalue weighted by atomic mass is 35.5. The second-order valence-electron chi connectivity index (χ2n) is 8.54. The molecule has 1 unspecified atom stereocenters. The molecule has 3 aromatic rings. The van der Waals surface area contributed by atoms with Crippen molar-refractivity contribution in [3.05, 3.63) is 100 Å². The van der Waals surface area contributed by atoms with Gasteiger partial charge in [-0.25, -0.2) is 14.4 Å². The number of anilines is 1. The van der Waals surface area contributed by atoms with E-state index in [0.29, 0.717) is 11.6 Å². The van der Waals surface area contributed by atoms with E-state index >= 15 is 4.39 Å². The summed E-state index contributed by atoms with van der Waals surface area (Å²) in [5.74, 6) is -3.95. The Morgan fingerprint density at radius 1 is 1.10 bits per heavy atom. The molecule has 0 fully saturated rings. The smallest absolute Gasteiger partial charge is 0.269 e. The number of aromatic nitrogens is 2. The molecular weight excluding hydrogens is 563 g/mol.